The van der Waals surface area contributed by atoms with E-state index in [-0.39, 0.29) is 5.91 Å². The normalized spacial score (nSPS) is 15.2. The Labute approximate surface area is 83.8 Å². The maximum atomic E-state index is 11.8. The van der Waals surface area contributed by atoms with Gasteiger partial charge in [0.15, 0.2) is 0 Å². The summed E-state index contributed by atoms with van der Waals surface area (Å²) < 4.78 is 0. The number of hydrogen-bond acceptors (Lipinski definition) is 1. The van der Waals surface area contributed by atoms with Gasteiger partial charge in [-0.3, -0.25) is 4.79 Å². The molecular weight excluding hydrogens is 174 g/mol. The summed E-state index contributed by atoms with van der Waals surface area (Å²) in [5.41, 5.74) is 3.19. The van der Waals surface area contributed by atoms with E-state index in [1.165, 1.54) is 5.56 Å². The van der Waals surface area contributed by atoms with E-state index < -0.39 is 0 Å². The first-order valence-electron chi connectivity index (χ1n) is 4.75. The van der Waals surface area contributed by atoms with Crippen LogP contribution in [0.4, 0.5) is 0 Å². The SMILES string of the molecule is C=CN1CCc2cc(C)ccc2C1=O. The summed E-state index contributed by atoms with van der Waals surface area (Å²) in [6, 6.07) is 5.97. The molecule has 0 saturated heterocycles. The molecule has 72 valence electrons. The quantitative estimate of drug-likeness (QED) is 0.659. The lowest BCUT2D eigenvalue weighted by molar-refractivity contribution is 0.0809. The molecule has 1 aromatic carbocycles. The van der Waals surface area contributed by atoms with Gasteiger partial charge in [-0.1, -0.05) is 24.3 Å². The van der Waals surface area contributed by atoms with Crippen molar-refractivity contribution in [1.29, 1.82) is 0 Å². The predicted octanol–water partition coefficient (Wildman–Crippen LogP) is 2.14. The van der Waals surface area contributed by atoms with Crippen LogP contribution in [0, 0.1) is 6.92 Å². The Balaban J connectivity index is 2.46. The minimum absolute atomic E-state index is 0.0706. The van der Waals surface area contributed by atoms with Gasteiger partial charge in [0, 0.05) is 12.1 Å². The van der Waals surface area contributed by atoms with Crippen molar-refractivity contribution in [2.75, 3.05) is 6.54 Å². The molecule has 2 nitrogen and oxygen atoms in total. The molecule has 0 N–H and O–H groups in total. The second-order valence-corrected chi connectivity index (χ2v) is 3.59. The Hall–Kier alpha value is -1.57. The highest BCUT2D eigenvalue weighted by molar-refractivity contribution is 5.97. The zero-order valence-corrected chi connectivity index (χ0v) is 8.29. The molecule has 2 heteroatoms. The third-order valence-electron chi connectivity index (χ3n) is 2.59. The van der Waals surface area contributed by atoms with E-state index in [0.29, 0.717) is 0 Å². The number of carbonyl (C=O) groups excluding carboxylic acids is 1. The number of amides is 1. The topological polar surface area (TPSA) is 20.3 Å². The lowest BCUT2D eigenvalue weighted by Gasteiger charge is -2.25. The summed E-state index contributed by atoms with van der Waals surface area (Å²) in [7, 11) is 0. The number of benzene rings is 1. The van der Waals surface area contributed by atoms with Crippen LogP contribution in [-0.4, -0.2) is 17.4 Å². The molecule has 1 aliphatic heterocycles. The molecule has 1 amide bonds. The van der Waals surface area contributed by atoms with Crippen LogP contribution in [0.15, 0.2) is 31.0 Å². The first-order valence-corrected chi connectivity index (χ1v) is 4.75. The Morgan fingerprint density at radius 3 is 3.00 bits per heavy atom. The zero-order valence-electron chi connectivity index (χ0n) is 8.29. The van der Waals surface area contributed by atoms with Gasteiger partial charge in [0.1, 0.15) is 0 Å². The number of aryl methyl sites for hydroxylation is 1. The summed E-state index contributed by atoms with van der Waals surface area (Å²) in [6.07, 6.45) is 2.53. The molecule has 1 heterocycles. The average Bonchev–Trinajstić information content (AvgIpc) is 2.18. The van der Waals surface area contributed by atoms with Gasteiger partial charge < -0.3 is 4.90 Å². The molecule has 0 saturated carbocycles. The van der Waals surface area contributed by atoms with Crippen molar-refractivity contribution in [3.63, 3.8) is 0 Å². The fourth-order valence-corrected chi connectivity index (χ4v) is 1.81. The average molecular weight is 187 g/mol. The van der Waals surface area contributed by atoms with Crippen molar-refractivity contribution in [1.82, 2.24) is 4.90 Å². The minimum atomic E-state index is 0.0706. The Morgan fingerprint density at radius 1 is 1.50 bits per heavy atom. The van der Waals surface area contributed by atoms with E-state index in [1.54, 1.807) is 11.1 Å². The second kappa shape index (κ2) is 3.29. The van der Waals surface area contributed by atoms with Crippen molar-refractivity contribution in [2.45, 2.75) is 13.3 Å². The fraction of sp³-hybridized carbons (Fsp3) is 0.250. The molecule has 0 unspecified atom stereocenters. The van der Waals surface area contributed by atoms with Crippen LogP contribution in [-0.2, 0) is 6.42 Å². The monoisotopic (exact) mass is 187 g/mol. The molecule has 14 heavy (non-hydrogen) atoms. The molecule has 0 atom stereocenters. The van der Waals surface area contributed by atoms with Crippen molar-refractivity contribution < 1.29 is 4.79 Å². The molecule has 0 spiro atoms. The number of hydrogen-bond donors (Lipinski definition) is 0. The molecule has 0 bridgehead atoms. The first-order chi connectivity index (χ1) is 6.72. The van der Waals surface area contributed by atoms with Crippen LogP contribution in [0.1, 0.15) is 21.5 Å². The van der Waals surface area contributed by atoms with E-state index in [2.05, 4.69) is 12.6 Å². The number of rotatable bonds is 1. The van der Waals surface area contributed by atoms with Gasteiger partial charge in [-0.05, 0) is 31.2 Å². The Bertz CT molecular complexity index is 395. The van der Waals surface area contributed by atoms with Gasteiger partial charge in [-0.15, -0.1) is 0 Å². The first kappa shape index (κ1) is 9.00. The molecule has 2 rings (SSSR count). The van der Waals surface area contributed by atoms with Crippen LogP contribution in [0.3, 0.4) is 0 Å². The maximum Gasteiger partial charge on any atom is 0.258 e. The maximum absolute atomic E-state index is 11.8. The lowest BCUT2D eigenvalue weighted by atomic mass is 9.97. The van der Waals surface area contributed by atoms with Crippen LogP contribution < -0.4 is 0 Å². The molecule has 1 aliphatic rings. The van der Waals surface area contributed by atoms with Crippen LogP contribution >= 0.6 is 0 Å². The Morgan fingerprint density at radius 2 is 2.29 bits per heavy atom. The largest absolute Gasteiger partial charge is 0.315 e. The molecule has 1 aromatic rings. The number of carbonyl (C=O) groups is 1. The molecule has 0 radical (unpaired) electrons. The van der Waals surface area contributed by atoms with Crippen LogP contribution in [0.5, 0.6) is 0 Å². The molecule has 0 aromatic heterocycles. The molecule has 0 aliphatic carbocycles. The molecule has 0 fully saturated rings. The molecular formula is C12H13NO. The van der Waals surface area contributed by atoms with Crippen molar-refractivity contribution >= 4 is 5.91 Å². The summed E-state index contributed by atoms with van der Waals surface area (Å²) in [6.45, 7) is 6.43. The standard InChI is InChI=1S/C12H13NO/c1-3-13-7-6-10-8-9(2)4-5-11(10)12(13)14/h3-5,8H,1,6-7H2,2H3. The summed E-state index contributed by atoms with van der Waals surface area (Å²) in [5.74, 6) is 0.0706. The summed E-state index contributed by atoms with van der Waals surface area (Å²) in [4.78, 5) is 13.5. The highest BCUT2D eigenvalue weighted by atomic mass is 16.2. The van der Waals surface area contributed by atoms with E-state index >= 15 is 0 Å². The smallest absolute Gasteiger partial charge is 0.258 e. The van der Waals surface area contributed by atoms with E-state index in [0.717, 1.165) is 24.1 Å². The summed E-state index contributed by atoms with van der Waals surface area (Å²) in [5, 5.41) is 0. The van der Waals surface area contributed by atoms with Crippen molar-refractivity contribution in [3.05, 3.63) is 47.7 Å². The van der Waals surface area contributed by atoms with Gasteiger partial charge in [0.05, 0.1) is 0 Å². The minimum Gasteiger partial charge on any atom is -0.315 e. The lowest BCUT2D eigenvalue weighted by Crippen LogP contribution is -2.33. The summed E-state index contributed by atoms with van der Waals surface area (Å²) >= 11 is 0. The number of nitrogens with zero attached hydrogens (tertiary/aromatic N) is 1. The van der Waals surface area contributed by atoms with Gasteiger partial charge in [-0.2, -0.15) is 0 Å². The highest BCUT2D eigenvalue weighted by Gasteiger charge is 2.21. The predicted molar refractivity (Wildman–Crippen MR) is 56.1 cm³/mol. The van der Waals surface area contributed by atoms with Gasteiger partial charge in [0.25, 0.3) is 5.91 Å². The van der Waals surface area contributed by atoms with Gasteiger partial charge in [0.2, 0.25) is 0 Å². The van der Waals surface area contributed by atoms with E-state index in [9.17, 15) is 4.79 Å². The van der Waals surface area contributed by atoms with Crippen molar-refractivity contribution in [3.8, 4) is 0 Å². The van der Waals surface area contributed by atoms with Crippen LogP contribution in [0.2, 0.25) is 0 Å². The zero-order chi connectivity index (χ0) is 10.1. The van der Waals surface area contributed by atoms with E-state index in [1.807, 2.05) is 19.1 Å². The third-order valence-corrected chi connectivity index (χ3v) is 2.59. The van der Waals surface area contributed by atoms with Gasteiger partial charge in [-0.25, -0.2) is 0 Å². The van der Waals surface area contributed by atoms with Crippen molar-refractivity contribution in [2.24, 2.45) is 0 Å². The second-order valence-electron chi connectivity index (χ2n) is 3.59. The highest BCUT2D eigenvalue weighted by Crippen LogP contribution is 2.20. The Kier molecular flexibility index (Phi) is 2.12. The number of fused-ring (bicyclic) bond motifs is 1. The van der Waals surface area contributed by atoms with Gasteiger partial charge >= 0.3 is 0 Å². The van der Waals surface area contributed by atoms with E-state index in [4.69, 9.17) is 0 Å². The fourth-order valence-electron chi connectivity index (χ4n) is 1.81. The third kappa shape index (κ3) is 1.33. The van der Waals surface area contributed by atoms with Crippen LogP contribution in [0.25, 0.3) is 0 Å².